The van der Waals surface area contributed by atoms with Crippen molar-refractivity contribution in [1.29, 1.82) is 0 Å². The van der Waals surface area contributed by atoms with E-state index in [9.17, 15) is 4.79 Å². The van der Waals surface area contributed by atoms with Crippen molar-refractivity contribution in [3.8, 4) is 0 Å². The summed E-state index contributed by atoms with van der Waals surface area (Å²) in [5, 5.41) is 11.9. The summed E-state index contributed by atoms with van der Waals surface area (Å²) in [4.78, 5) is 13.6. The molecule has 0 unspecified atom stereocenters. The van der Waals surface area contributed by atoms with Gasteiger partial charge in [0, 0.05) is 19.7 Å². The van der Waals surface area contributed by atoms with E-state index in [2.05, 4.69) is 17.1 Å². The number of carbonyl (C=O) groups excluding carboxylic acids is 1. The van der Waals surface area contributed by atoms with Crippen LogP contribution in [0, 0.1) is 5.92 Å². The zero-order valence-electron chi connectivity index (χ0n) is 9.54. The Bertz CT molecular complexity index is 197. The molecule has 0 aliphatic carbocycles. The van der Waals surface area contributed by atoms with E-state index in [-0.39, 0.29) is 12.5 Å². The molecule has 1 heterocycles. The lowest BCUT2D eigenvalue weighted by Gasteiger charge is -2.14. The quantitative estimate of drug-likeness (QED) is 0.622. The van der Waals surface area contributed by atoms with Crippen LogP contribution >= 0.6 is 0 Å². The van der Waals surface area contributed by atoms with Crippen molar-refractivity contribution in [3.05, 3.63) is 0 Å². The smallest absolute Gasteiger partial charge is 0.234 e. The maximum atomic E-state index is 11.5. The van der Waals surface area contributed by atoms with Crippen LogP contribution in [0.2, 0.25) is 0 Å². The van der Waals surface area contributed by atoms with E-state index in [1.807, 2.05) is 0 Å². The molecule has 0 saturated carbocycles. The summed E-state index contributed by atoms with van der Waals surface area (Å²) in [6.07, 6.45) is 3.17. The molecule has 88 valence electrons. The zero-order chi connectivity index (χ0) is 11.1. The van der Waals surface area contributed by atoms with E-state index >= 15 is 0 Å². The topological polar surface area (TPSA) is 52.6 Å². The molecule has 0 radical (unpaired) electrons. The first-order valence-corrected chi connectivity index (χ1v) is 5.86. The summed E-state index contributed by atoms with van der Waals surface area (Å²) in [5.41, 5.74) is 0. The number of hydrogen-bond donors (Lipinski definition) is 2. The Kier molecular flexibility index (Phi) is 5.65. The lowest BCUT2D eigenvalue weighted by molar-refractivity contribution is -0.122. The molecule has 4 nitrogen and oxygen atoms in total. The Labute approximate surface area is 91.6 Å². The Balaban J connectivity index is 2.10. The van der Waals surface area contributed by atoms with Crippen molar-refractivity contribution < 1.29 is 9.90 Å². The first-order chi connectivity index (χ1) is 7.26. The van der Waals surface area contributed by atoms with Gasteiger partial charge in [0.25, 0.3) is 0 Å². The van der Waals surface area contributed by atoms with Crippen LogP contribution < -0.4 is 5.32 Å². The summed E-state index contributed by atoms with van der Waals surface area (Å²) < 4.78 is 0. The van der Waals surface area contributed by atoms with E-state index in [0.717, 1.165) is 38.9 Å². The van der Waals surface area contributed by atoms with Crippen LogP contribution in [0.25, 0.3) is 0 Å². The molecule has 1 aliphatic rings. The zero-order valence-corrected chi connectivity index (χ0v) is 9.54. The average molecular weight is 214 g/mol. The molecule has 1 amide bonds. The van der Waals surface area contributed by atoms with Gasteiger partial charge in [0.2, 0.25) is 5.91 Å². The number of amides is 1. The highest BCUT2D eigenvalue weighted by atomic mass is 16.3. The predicted octanol–water partition coefficient (Wildman–Crippen LogP) is 0.217. The van der Waals surface area contributed by atoms with E-state index in [1.165, 1.54) is 0 Å². The summed E-state index contributed by atoms with van der Waals surface area (Å²) >= 11 is 0. The van der Waals surface area contributed by atoms with Gasteiger partial charge in [0.1, 0.15) is 0 Å². The third kappa shape index (κ3) is 4.62. The maximum absolute atomic E-state index is 11.5. The summed E-state index contributed by atoms with van der Waals surface area (Å²) in [5.74, 6) is 0.482. The molecule has 0 bridgehead atoms. The molecule has 1 rings (SSSR count). The molecule has 0 aromatic carbocycles. The van der Waals surface area contributed by atoms with Crippen LogP contribution in [0.1, 0.15) is 26.2 Å². The number of nitrogens with zero attached hydrogens (tertiary/aromatic N) is 1. The number of aliphatic hydroxyl groups excluding tert-OH is 1. The molecule has 2 N–H and O–H groups in total. The number of rotatable bonds is 6. The number of unbranched alkanes of at least 4 members (excludes halogenated alkanes) is 1. The summed E-state index contributed by atoms with van der Waals surface area (Å²) in [6.45, 7) is 5.42. The standard InChI is InChI=1S/C11H22N2O2/c1-2-3-5-12-11(15)8-13-6-4-10(7-13)9-14/h10,14H,2-9H2,1H3,(H,12,15)/t10-/m0/s1. The molecule has 1 aliphatic heterocycles. The van der Waals surface area contributed by atoms with Crippen molar-refractivity contribution in [3.63, 3.8) is 0 Å². The summed E-state index contributed by atoms with van der Waals surface area (Å²) in [6, 6.07) is 0. The van der Waals surface area contributed by atoms with Gasteiger partial charge in [-0.3, -0.25) is 9.69 Å². The highest BCUT2D eigenvalue weighted by molar-refractivity contribution is 5.77. The third-order valence-electron chi connectivity index (χ3n) is 2.85. The molecule has 1 atom stereocenters. The van der Waals surface area contributed by atoms with Crippen LogP contribution in [-0.4, -0.2) is 48.7 Å². The van der Waals surface area contributed by atoms with E-state index < -0.39 is 0 Å². The maximum Gasteiger partial charge on any atom is 0.234 e. The number of hydrogen-bond acceptors (Lipinski definition) is 3. The van der Waals surface area contributed by atoms with Crippen LogP contribution in [-0.2, 0) is 4.79 Å². The first kappa shape index (κ1) is 12.5. The molecule has 4 heteroatoms. The molecular weight excluding hydrogens is 192 g/mol. The molecule has 0 aromatic heterocycles. The lowest BCUT2D eigenvalue weighted by atomic mass is 10.1. The largest absolute Gasteiger partial charge is 0.396 e. The van der Waals surface area contributed by atoms with Gasteiger partial charge in [0.05, 0.1) is 6.54 Å². The fourth-order valence-corrected chi connectivity index (χ4v) is 1.87. The average Bonchev–Trinajstić information content (AvgIpc) is 2.66. The summed E-state index contributed by atoms with van der Waals surface area (Å²) in [7, 11) is 0. The monoisotopic (exact) mass is 214 g/mol. The number of carbonyl (C=O) groups is 1. The van der Waals surface area contributed by atoms with Crippen molar-refractivity contribution in [2.24, 2.45) is 5.92 Å². The number of likely N-dealkylation sites (tertiary alicyclic amines) is 1. The molecule has 1 fully saturated rings. The van der Waals surface area contributed by atoms with Gasteiger partial charge in [-0.15, -0.1) is 0 Å². The highest BCUT2D eigenvalue weighted by Gasteiger charge is 2.22. The van der Waals surface area contributed by atoms with Crippen LogP contribution in [0.4, 0.5) is 0 Å². The Morgan fingerprint density at radius 2 is 2.40 bits per heavy atom. The van der Waals surface area contributed by atoms with Gasteiger partial charge in [-0.25, -0.2) is 0 Å². The van der Waals surface area contributed by atoms with Gasteiger partial charge in [0.15, 0.2) is 0 Å². The fraction of sp³-hybridized carbons (Fsp3) is 0.909. The molecule has 15 heavy (non-hydrogen) atoms. The second kappa shape index (κ2) is 6.80. The SMILES string of the molecule is CCCCNC(=O)CN1CC[C@H](CO)C1. The number of aliphatic hydroxyl groups is 1. The number of nitrogens with one attached hydrogen (secondary N) is 1. The first-order valence-electron chi connectivity index (χ1n) is 5.86. The van der Waals surface area contributed by atoms with E-state index in [1.54, 1.807) is 0 Å². The highest BCUT2D eigenvalue weighted by Crippen LogP contribution is 2.14. The lowest BCUT2D eigenvalue weighted by Crippen LogP contribution is -2.36. The second-order valence-electron chi connectivity index (χ2n) is 4.28. The van der Waals surface area contributed by atoms with Crippen molar-refractivity contribution in [2.75, 3.05) is 32.8 Å². The normalized spacial score (nSPS) is 21.9. The predicted molar refractivity (Wildman–Crippen MR) is 59.6 cm³/mol. The van der Waals surface area contributed by atoms with Crippen molar-refractivity contribution in [1.82, 2.24) is 10.2 Å². The van der Waals surface area contributed by atoms with Crippen LogP contribution in [0.15, 0.2) is 0 Å². The molecule has 0 spiro atoms. The Morgan fingerprint density at radius 1 is 1.60 bits per heavy atom. The van der Waals surface area contributed by atoms with Crippen LogP contribution in [0.3, 0.4) is 0 Å². The van der Waals surface area contributed by atoms with E-state index in [4.69, 9.17) is 5.11 Å². The Hall–Kier alpha value is -0.610. The van der Waals surface area contributed by atoms with Crippen molar-refractivity contribution in [2.45, 2.75) is 26.2 Å². The van der Waals surface area contributed by atoms with E-state index in [0.29, 0.717) is 12.5 Å². The molecular formula is C11H22N2O2. The second-order valence-corrected chi connectivity index (χ2v) is 4.28. The van der Waals surface area contributed by atoms with Gasteiger partial charge in [-0.05, 0) is 25.3 Å². The van der Waals surface area contributed by atoms with Gasteiger partial charge >= 0.3 is 0 Å². The van der Waals surface area contributed by atoms with Gasteiger partial charge in [-0.1, -0.05) is 13.3 Å². The van der Waals surface area contributed by atoms with Crippen molar-refractivity contribution >= 4 is 5.91 Å². The minimum absolute atomic E-state index is 0.113. The minimum atomic E-state index is 0.113. The van der Waals surface area contributed by atoms with Gasteiger partial charge in [-0.2, -0.15) is 0 Å². The van der Waals surface area contributed by atoms with Crippen LogP contribution in [0.5, 0.6) is 0 Å². The van der Waals surface area contributed by atoms with Gasteiger partial charge < -0.3 is 10.4 Å². The molecule has 0 aromatic rings. The minimum Gasteiger partial charge on any atom is -0.396 e. The molecule has 1 saturated heterocycles. The Morgan fingerprint density at radius 3 is 3.00 bits per heavy atom. The fourth-order valence-electron chi connectivity index (χ4n) is 1.87. The third-order valence-corrected chi connectivity index (χ3v) is 2.85.